The van der Waals surface area contributed by atoms with Crippen LogP contribution in [0.3, 0.4) is 0 Å². The van der Waals surface area contributed by atoms with E-state index in [2.05, 4.69) is 5.32 Å². The van der Waals surface area contributed by atoms with Gasteiger partial charge in [-0.3, -0.25) is 9.59 Å². The molecular formula is C25H28N2O4. The molecule has 2 aromatic rings. The minimum atomic E-state index is -0.580. The van der Waals surface area contributed by atoms with E-state index in [-0.39, 0.29) is 18.6 Å². The number of fused-ring (bicyclic) bond motifs is 1. The number of nitrogens with zero attached hydrogens (tertiary/aromatic N) is 1. The van der Waals surface area contributed by atoms with Gasteiger partial charge in [0.25, 0.3) is 5.91 Å². The molecule has 2 aliphatic heterocycles. The molecule has 3 aliphatic rings. The molecule has 5 rings (SSSR count). The Morgan fingerprint density at radius 2 is 1.55 bits per heavy atom. The van der Waals surface area contributed by atoms with Crippen molar-refractivity contribution in [3.63, 3.8) is 0 Å². The zero-order valence-corrected chi connectivity index (χ0v) is 17.7. The number of nitrogens with one attached hydrogen (secondary N) is 1. The van der Waals surface area contributed by atoms with Gasteiger partial charge in [-0.2, -0.15) is 0 Å². The van der Waals surface area contributed by atoms with Gasteiger partial charge in [0.15, 0.2) is 11.5 Å². The third-order valence-corrected chi connectivity index (χ3v) is 6.85. The Morgan fingerprint density at radius 1 is 0.839 bits per heavy atom. The normalized spacial score (nSPS) is 19.3. The third-order valence-electron chi connectivity index (χ3n) is 6.85. The molecule has 1 saturated heterocycles. The second-order valence-corrected chi connectivity index (χ2v) is 8.74. The summed E-state index contributed by atoms with van der Waals surface area (Å²) in [6.07, 6.45) is 6.95. The first-order chi connectivity index (χ1) is 15.2. The third kappa shape index (κ3) is 3.75. The van der Waals surface area contributed by atoms with Crippen molar-refractivity contribution in [2.75, 3.05) is 25.2 Å². The number of benzene rings is 2. The van der Waals surface area contributed by atoms with E-state index in [0.717, 1.165) is 69.3 Å². The first kappa shape index (κ1) is 19.9. The van der Waals surface area contributed by atoms with E-state index in [1.165, 1.54) is 0 Å². The lowest BCUT2D eigenvalue weighted by molar-refractivity contribution is -0.122. The molecule has 6 nitrogen and oxygen atoms in total. The predicted octanol–water partition coefficient (Wildman–Crippen LogP) is 4.49. The smallest absolute Gasteiger partial charge is 0.253 e. The van der Waals surface area contributed by atoms with Crippen molar-refractivity contribution in [2.24, 2.45) is 0 Å². The Hall–Kier alpha value is -3.02. The Kier molecular flexibility index (Phi) is 5.30. The summed E-state index contributed by atoms with van der Waals surface area (Å²) in [6, 6.07) is 13.1. The minimum Gasteiger partial charge on any atom is -0.454 e. The van der Waals surface area contributed by atoms with Crippen LogP contribution in [0.5, 0.6) is 11.5 Å². The molecule has 0 unspecified atom stereocenters. The first-order valence-electron chi connectivity index (χ1n) is 11.3. The Labute approximate surface area is 182 Å². The minimum absolute atomic E-state index is 0.00434. The van der Waals surface area contributed by atoms with Crippen molar-refractivity contribution in [1.29, 1.82) is 0 Å². The molecule has 1 saturated carbocycles. The van der Waals surface area contributed by atoms with E-state index >= 15 is 0 Å². The second kappa shape index (κ2) is 8.25. The summed E-state index contributed by atoms with van der Waals surface area (Å²) in [5.74, 6) is 1.51. The Morgan fingerprint density at radius 3 is 2.29 bits per heavy atom. The molecule has 0 aromatic heterocycles. The maximum Gasteiger partial charge on any atom is 0.253 e. The number of anilines is 1. The summed E-state index contributed by atoms with van der Waals surface area (Å²) in [5, 5.41) is 3.12. The van der Waals surface area contributed by atoms with Gasteiger partial charge in [0.2, 0.25) is 12.7 Å². The molecule has 2 heterocycles. The molecule has 0 spiro atoms. The highest BCUT2D eigenvalue weighted by Gasteiger charge is 2.42. The zero-order valence-electron chi connectivity index (χ0n) is 17.7. The van der Waals surface area contributed by atoms with Crippen LogP contribution in [0.1, 0.15) is 60.9 Å². The van der Waals surface area contributed by atoms with Crippen LogP contribution in [0, 0.1) is 0 Å². The summed E-state index contributed by atoms with van der Waals surface area (Å²) in [6.45, 7) is 1.88. The van der Waals surface area contributed by atoms with Gasteiger partial charge in [-0.25, -0.2) is 0 Å². The number of hydrogen-bond donors (Lipinski definition) is 1. The number of carbonyl (C=O) groups excluding carboxylic acids is 2. The molecular weight excluding hydrogens is 392 g/mol. The molecule has 2 fully saturated rings. The van der Waals surface area contributed by atoms with E-state index in [1.807, 2.05) is 47.4 Å². The quantitative estimate of drug-likeness (QED) is 0.791. The molecule has 2 amide bonds. The molecule has 31 heavy (non-hydrogen) atoms. The monoisotopic (exact) mass is 420 g/mol. The molecule has 6 heteroatoms. The van der Waals surface area contributed by atoms with Crippen LogP contribution >= 0.6 is 0 Å². The maximum absolute atomic E-state index is 13.6. The maximum atomic E-state index is 13.6. The summed E-state index contributed by atoms with van der Waals surface area (Å²) in [5.41, 5.74) is 1.79. The highest BCUT2D eigenvalue weighted by atomic mass is 16.7. The van der Waals surface area contributed by atoms with Crippen molar-refractivity contribution in [3.05, 3.63) is 53.6 Å². The molecule has 2 aromatic carbocycles. The van der Waals surface area contributed by atoms with E-state index in [9.17, 15) is 9.59 Å². The number of carbonyl (C=O) groups is 2. The van der Waals surface area contributed by atoms with Crippen LogP contribution in [0.25, 0.3) is 0 Å². The van der Waals surface area contributed by atoms with Crippen LogP contribution in [-0.4, -0.2) is 36.6 Å². The van der Waals surface area contributed by atoms with Crippen molar-refractivity contribution in [2.45, 2.75) is 50.4 Å². The predicted molar refractivity (Wildman–Crippen MR) is 118 cm³/mol. The molecule has 162 valence electrons. The van der Waals surface area contributed by atoms with Crippen LogP contribution in [0.4, 0.5) is 5.69 Å². The zero-order chi connectivity index (χ0) is 21.3. The van der Waals surface area contributed by atoms with Crippen LogP contribution < -0.4 is 14.8 Å². The van der Waals surface area contributed by atoms with Gasteiger partial charge < -0.3 is 19.7 Å². The fraction of sp³-hybridized carbons (Fsp3) is 0.440. The average molecular weight is 421 g/mol. The lowest BCUT2D eigenvalue weighted by atomic mass is 9.68. The fourth-order valence-electron chi connectivity index (χ4n) is 5.05. The topological polar surface area (TPSA) is 67.9 Å². The van der Waals surface area contributed by atoms with Crippen molar-refractivity contribution < 1.29 is 19.1 Å². The van der Waals surface area contributed by atoms with E-state index < -0.39 is 5.41 Å². The van der Waals surface area contributed by atoms with Crippen molar-refractivity contribution >= 4 is 17.5 Å². The van der Waals surface area contributed by atoms with Gasteiger partial charge in [-0.15, -0.1) is 0 Å². The van der Waals surface area contributed by atoms with Crippen molar-refractivity contribution in [3.8, 4) is 11.5 Å². The van der Waals surface area contributed by atoms with Gasteiger partial charge in [-0.05, 0) is 67.6 Å². The summed E-state index contributed by atoms with van der Waals surface area (Å²) in [7, 11) is 0. The SMILES string of the molecule is O=C(c1ccc(NC(=O)C2(c3ccc4c(c3)OCO4)CCCCC2)cc1)N1CCCC1. The highest BCUT2D eigenvalue weighted by molar-refractivity contribution is 6.00. The summed E-state index contributed by atoms with van der Waals surface area (Å²) >= 11 is 0. The molecule has 0 radical (unpaired) electrons. The average Bonchev–Trinajstić information content (AvgIpc) is 3.51. The number of amides is 2. The second-order valence-electron chi connectivity index (χ2n) is 8.74. The van der Waals surface area contributed by atoms with Crippen LogP contribution in [0.2, 0.25) is 0 Å². The fourth-order valence-corrected chi connectivity index (χ4v) is 5.05. The van der Waals surface area contributed by atoms with Gasteiger partial charge in [-0.1, -0.05) is 25.3 Å². The number of likely N-dealkylation sites (tertiary alicyclic amines) is 1. The Balaban J connectivity index is 1.36. The number of rotatable bonds is 4. The molecule has 1 aliphatic carbocycles. The van der Waals surface area contributed by atoms with Gasteiger partial charge in [0.05, 0.1) is 5.41 Å². The Bertz CT molecular complexity index is 974. The van der Waals surface area contributed by atoms with E-state index in [1.54, 1.807) is 0 Å². The lowest BCUT2D eigenvalue weighted by Gasteiger charge is -2.36. The van der Waals surface area contributed by atoms with Gasteiger partial charge >= 0.3 is 0 Å². The highest BCUT2D eigenvalue weighted by Crippen LogP contribution is 2.44. The first-order valence-corrected chi connectivity index (χ1v) is 11.3. The largest absolute Gasteiger partial charge is 0.454 e. The van der Waals surface area contributed by atoms with Crippen LogP contribution in [0.15, 0.2) is 42.5 Å². The summed E-state index contributed by atoms with van der Waals surface area (Å²) < 4.78 is 11.0. The molecule has 0 bridgehead atoms. The van der Waals surface area contributed by atoms with Gasteiger partial charge in [0, 0.05) is 24.3 Å². The molecule has 0 atom stereocenters. The standard InChI is InChI=1S/C25H28N2O4/c28-23(27-14-4-5-15-27)18-6-9-20(10-7-18)26-24(29)25(12-2-1-3-13-25)19-8-11-21-22(16-19)31-17-30-21/h6-11,16H,1-5,12-15,17H2,(H,26,29). The van der Waals surface area contributed by atoms with Crippen molar-refractivity contribution in [1.82, 2.24) is 4.90 Å². The van der Waals surface area contributed by atoms with E-state index in [4.69, 9.17) is 9.47 Å². The summed E-state index contributed by atoms with van der Waals surface area (Å²) in [4.78, 5) is 28.0. The lowest BCUT2D eigenvalue weighted by Crippen LogP contribution is -2.42. The number of ether oxygens (including phenoxy) is 2. The van der Waals surface area contributed by atoms with E-state index in [0.29, 0.717) is 17.0 Å². The number of hydrogen-bond acceptors (Lipinski definition) is 4. The van der Waals surface area contributed by atoms with Crippen LogP contribution in [-0.2, 0) is 10.2 Å². The van der Waals surface area contributed by atoms with Gasteiger partial charge in [0.1, 0.15) is 0 Å². The molecule has 1 N–H and O–H groups in total.